The minimum Gasteiger partial charge on any atom is -0.324 e. The molecule has 0 amide bonds. The standard InChI is InChI=1S/C12H13N5O2S/c13-7-10-1-3-11(4-2-10)20(18,19)6-5-17-9-15-12(8-14)16-17/h1-4,9H,5-6,8,14H2. The van der Waals surface area contributed by atoms with E-state index in [1.165, 1.54) is 35.3 Å². The maximum atomic E-state index is 12.1. The molecular weight excluding hydrogens is 278 g/mol. The van der Waals surface area contributed by atoms with Crippen molar-refractivity contribution >= 4 is 9.84 Å². The lowest BCUT2D eigenvalue weighted by Crippen LogP contribution is -2.14. The van der Waals surface area contributed by atoms with Gasteiger partial charge in [0.2, 0.25) is 0 Å². The van der Waals surface area contributed by atoms with Gasteiger partial charge in [0.1, 0.15) is 6.33 Å². The van der Waals surface area contributed by atoms with Crippen LogP contribution in [0.2, 0.25) is 0 Å². The number of rotatable bonds is 5. The molecule has 0 aliphatic rings. The molecule has 1 heterocycles. The van der Waals surface area contributed by atoms with E-state index in [-0.39, 0.29) is 23.7 Å². The summed E-state index contributed by atoms with van der Waals surface area (Å²) in [4.78, 5) is 4.12. The first kappa shape index (κ1) is 14.2. The van der Waals surface area contributed by atoms with Crippen molar-refractivity contribution in [2.24, 2.45) is 5.73 Å². The number of aryl methyl sites for hydroxylation is 1. The third-order valence-electron chi connectivity index (χ3n) is 2.70. The topological polar surface area (TPSA) is 115 Å². The van der Waals surface area contributed by atoms with E-state index in [1.807, 2.05) is 6.07 Å². The van der Waals surface area contributed by atoms with Gasteiger partial charge in [0.05, 0.1) is 35.4 Å². The second-order valence-electron chi connectivity index (χ2n) is 4.08. The van der Waals surface area contributed by atoms with Gasteiger partial charge in [-0.05, 0) is 24.3 Å². The SMILES string of the molecule is N#Cc1ccc(S(=O)(=O)CCn2cnc(CN)n2)cc1. The number of benzene rings is 1. The largest absolute Gasteiger partial charge is 0.324 e. The molecule has 2 N–H and O–H groups in total. The van der Waals surface area contributed by atoms with Crippen molar-refractivity contribution in [1.82, 2.24) is 14.8 Å². The van der Waals surface area contributed by atoms with Crippen LogP contribution in [0.1, 0.15) is 11.4 Å². The van der Waals surface area contributed by atoms with Crippen molar-refractivity contribution < 1.29 is 8.42 Å². The summed E-state index contributed by atoms with van der Waals surface area (Å²) in [6.07, 6.45) is 1.45. The van der Waals surface area contributed by atoms with Crippen LogP contribution < -0.4 is 5.73 Å². The lowest BCUT2D eigenvalue weighted by Gasteiger charge is -2.04. The zero-order chi connectivity index (χ0) is 14.6. The van der Waals surface area contributed by atoms with Crippen molar-refractivity contribution in [1.29, 1.82) is 5.26 Å². The molecule has 0 fully saturated rings. The van der Waals surface area contributed by atoms with E-state index < -0.39 is 9.84 Å². The van der Waals surface area contributed by atoms with E-state index in [1.54, 1.807) is 0 Å². The van der Waals surface area contributed by atoms with Crippen LogP contribution >= 0.6 is 0 Å². The van der Waals surface area contributed by atoms with Gasteiger partial charge in [-0.25, -0.2) is 13.4 Å². The fraction of sp³-hybridized carbons (Fsp3) is 0.250. The number of hydrogen-bond donors (Lipinski definition) is 1. The maximum Gasteiger partial charge on any atom is 0.180 e. The molecular formula is C12H13N5O2S. The minimum absolute atomic E-state index is 0.0910. The Morgan fingerprint density at radius 3 is 2.55 bits per heavy atom. The summed E-state index contributed by atoms with van der Waals surface area (Å²) >= 11 is 0. The molecule has 1 aromatic carbocycles. The van der Waals surface area contributed by atoms with Crippen LogP contribution in [0.15, 0.2) is 35.5 Å². The third-order valence-corrected chi connectivity index (χ3v) is 4.41. The third kappa shape index (κ3) is 3.20. The Labute approximate surface area is 116 Å². The first-order chi connectivity index (χ1) is 9.55. The number of nitriles is 1. The average molecular weight is 291 g/mol. The zero-order valence-electron chi connectivity index (χ0n) is 10.6. The highest BCUT2D eigenvalue weighted by atomic mass is 32.2. The molecule has 0 bridgehead atoms. The van der Waals surface area contributed by atoms with Gasteiger partial charge in [0, 0.05) is 0 Å². The van der Waals surface area contributed by atoms with Gasteiger partial charge in [-0.2, -0.15) is 10.4 Å². The Morgan fingerprint density at radius 1 is 1.30 bits per heavy atom. The van der Waals surface area contributed by atoms with Crippen molar-refractivity contribution in [3.8, 4) is 6.07 Å². The summed E-state index contributed by atoms with van der Waals surface area (Å²) in [6.45, 7) is 0.421. The normalized spacial score (nSPS) is 11.2. The number of sulfone groups is 1. The summed E-state index contributed by atoms with van der Waals surface area (Å²) in [7, 11) is -3.41. The Morgan fingerprint density at radius 2 is 2.00 bits per heavy atom. The highest BCUT2D eigenvalue weighted by molar-refractivity contribution is 7.91. The summed E-state index contributed by atoms with van der Waals surface area (Å²) in [5.74, 6) is 0.382. The first-order valence-corrected chi connectivity index (χ1v) is 7.52. The van der Waals surface area contributed by atoms with E-state index in [9.17, 15) is 8.42 Å². The van der Waals surface area contributed by atoms with Crippen molar-refractivity contribution in [2.75, 3.05) is 5.75 Å². The van der Waals surface area contributed by atoms with Crippen LogP contribution in [0, 0.1) is 11.3 Å². The Balaban J connectivity index is 2.08. The smallest absolute Gasteiger partial charge is 0.180 e. The molecule has 2 aromatic rings. The van der Waals surface area contributed by atoms with Gasteiger partial charge in [-0.3, -0.25) is 4.68 Å². The lowest BCUT2D eigenvalue weighted by atomic mass is 10.2. The van der Waals surface area contributed by atoms with Gasteiger partial charge < -0.3 is 5.73 Å². The molecule has 0 atom stereocenters. The molecule has 0 aliphatic heterocycles. The molecule has 0 unspecified atom stereocenters. The van der Waals surface area contributed by atoms with Crippen LogP contribution in [0.5, 0.6) is 0 Å². The van der Waals surface area contributed by atoms with Gasteiger partial charge in [-0.15, -0.1) is 0 Å². The van der Waals surface area contributed by atoms with Crippen LogP contribution in [0.4, 0.5) is 0 Å². The van der Waals surface area contributed by atoms with Crippen LogP contribution in [0.25, 0.3) is 0 Å². The van der Waals surface area contributed by atoms with E-state index in [4.69, 9.17) is 11.0 Å². The molecule has 0 saturated heterocycles. The lowest BCUT2D eigenvalue weighted by molar-refractivity contribution is 0.579. The summed E-state index contributed by atoms with van der Waals surface area (Å²) in [5, 5.41) is 12.7. The van der Waals surface area contributed by atoms with Crippen LogP contribution in [-0.2, 0) is 22.9 Å². The van der Waals surface area contributed by atoms with Crippen LogP contribution in [-0.4, -0.2) is 28.9 Å². The molecule has 0 saturated carbocycles. The van der Waals surface area contributed by atoms with Gasteiger partial charge in [0.25, 0.3) is 0 Å². The Bertz CT molecular complexity index is 728. The quantitative estimate of drug-likeness (QED) is 0.834. The number of nitrogens with two attached hydrogens (primary N) is 1. The van der Waals surface area contributed by atoms with Crippen LogP contribution in [0.3, 0.4) is 0 Å². The predicted octanol–water partition coefficient (Wildman–Crippen LogP) is 0.0824. The van der Waals surface area contributed by atoms with E-state index in [0.29, 0.717) is 11.4 Å². The maximum absolute atomic E-state index is 12.1. The molecule has 1 aromatic heterocycles. The molecule has 0 aliphatic carbocycles. The second kappa shape index (κ2) is 5.81. The highest BCUT2D eigenvalue weighted by Gasteiger charge is 2.14. The summed E-state index contributed by atoms with van der Waals surface area (Å²) in [5.41, 5.74) is 5.80. The number of hydrogen-bond acceptors (Lipinski definition) is 6. The highest BCUT2D eigenvalue weighted by Crippen LogP contribution is 2.12. The molecule has 7 nitrogen and oxygen atoms in total. The second-order valence-corrected chi connectivity index (χ2v) is 6.19. The van der Waals surface area contributed by atoms with Gasteiger partial charge in [-0.1, -0.05) is 0 Å². The number of aromatic nitrogens is 3. The molecule has 0 spiro atoms. The summed E-state index contributed by atoms with van der Waals surface area (Å²) in [6, 6.07) is 7.77. The van der Waals surface area contributed by atoms with Crippen molar-refractivity contribution in [3.63, 3.8) is 0 Å². The zero-order valence-corrected chi connectivity index (χ0v) is 11.4. The summed E-state index contributed by atoms with van der Waals surface area (Å²) < 4.78 is 25.7. The average Bonchev–Trinajstić information content (AvgIpc) is 2.93. The monoisotopic (exact) mass is 291 g/mol. The van der Waals surface area contributed by atoms with Gasteiger partial charge >= 0.3 is 0 Å². The molecule has 8 heteroatoms. The minimum atomic E-state index is -3.41. The molecule has 2 rings (SSSR count). The van der Waals surface area contributed by atoms with Crippen molar-refractivity contribution in [2.45, 2.75) is 18.0 Å². The first-order valence-electron chi connectivity index (χ1n) is 5.86. The molecule has 0 radical (unpaired) electrons. The predicted molar refractivity (Wildman–Crippen MR) is 71.1 cm³/mol. The molecule has 20 heavy (non-hydrogen) atoms. The Hall–Kier alpha value is -2.24. The molecule has 104 valence electrons. The number of nitrogens with zero attached hydrogens (tertiary/aromatic N) is 4. The van der Waals surface area contributed by atoms with E-state index in [0.717, 1.165) is 0 Å². The van der Waals surface area contributed by atoms with Gasteiger partial charge in [0.15, 0.2) is 15.7 Å². The van der Waals surface area contributed by atoms with Crippen molar-refractivity contribution in [3.05, 3.63) is 42.0 Å². The Kier molecular flexibility index (Phi) is 4.12. The fourth-order valence-electron chi connectivity index (χ4n) is 1.60. The van der Waals surface area contributed by atoms with E-state index in [2.05, 4.69) is 10.1 Å². The fourth-order valence-corrected chi connectivity index (χ4v) is 2.82. The van der Waals surface area contributed by atoms with E-state index >= 15 is 0 Å².